The van der Waals surface area contributed by atoms with Crippen LogP contribution in [0.25, 0.3) is 11.1 Å². The number of hydrogen-bond acceptors (Lipinski definition) is 5. The first-order chi connectivity index (χ1) is 17.6. The fourth-order valence-electron chi connectivity index (χ4n) is 5.78. The van der Waals surface area contributed by atoms with Crippen molar-refractivity contribution in [1.29, 1.82) is 0 Å². The van der Waals surface area contributed by atoms with Crippen molar-refractivity contribution in [2.24, 2.45) is 0 Å². The van der Waals surface area contributed by atoms with Crippen molar-refractivity contribution in [3.8, 4) is 16.9 Å². The number of piperidine rings is 1. The molecule has 0 N–H and O–H groups in total. The Hall–Kier alpha value is -2.47. The van der Waals surface area contributed by atoms with E-state index in [-0.39, 0.29) is 5.91 Å². The topological polar surface area (TPSA) is 58.6 Å². The average molecular weight is 491 g/mol. The molecule has 0 atom stereocenters. The van der Waals surface area contributed by atoms with E-state index in [0.717, 1.165) is 93.4 Å². The third-order valence-corrected chi connectivity index (χ3v) is 8.13. The largest absolute Gasteiger partial charge is 0.490 e. The molecule has 194 valence electrons. The molecule has 1 aromatic carbocycles. The highest BCUT2D eigenvalue weighted by Gasteiger charge is 2.39. The summed E-state index contributed by atoms with van der Waals surface area (Å²) in [5.41, 5.74) is 3.58. The second-order valence-electron chi connectivity index (χ2n) is 11.1. The van der Waals surface area contributed by atoms with Crippen molar-refractivity contribution in [3.63, 3.8) is 0 Å². The maximum absolute atomic E-state index is 13.8. The number of aryl methyl sites for hydroxylation is 1. The van der Waals surface area contributed by atoms with E-state index in [9.17, 15) is 4.79 Å². The molecule has 5 rings (SSSR count). The zero-order chi connectivity index (χ0) is 24.9. The minimum atomic E-state index is 0.0556. The van der Waals surface area contributed by atoms with Crippen LogP contribution in [-0.2, 0) is 6.42 Å². The SMILES string of the molecule is CCCCc1nnc(C(=O)N(C2CC2)C2CCN(C)CC2)cc1-c1ccc(OC2CCCCC2)cc1. The van der Waals surface area contributed by atoms with Crippen LogP contribution in [0.3, 0.4) is 0 Å². The van der Waals surface area contributed by atoms with Crippen LogP contribution in [0.1, 0.15) is 93.7 Å². The number of benzene rings is 1. The van der Waals surface area contributed by atoms with Crippen molar-refractivity contribution < 1.29 is 9.53 Å². The monoisotopic (exact) mass is 490 g/mol. The summed E-state index contributed by atoms with van der Waals surface area (Å²) in [6, 6.07) is 11.1. The van der Waals surface area contributed by atoms with Crippen LogP contribution < -0.4 is 4.74 Å². The van der Waals surface area contributed by atoms with Crippen molar-refractivity contribution in [3.05, 3.63) is 41.7 Å². The van der Waals surface area contributed by atoms with E-state index in [2.05, 4.69) is 58.2 Å². The average Bonchev–Trinajstić information content (AvgIpc) is 3.75. The quantitative estimate of drug-likeness (QED) is 0.438. The fourth-order valence-corrected chi connectivity index (χ4v) is 5.78. The maximum Gasteiger partial charge on any atom is 0.274 e. The van der Waals surface area contributed by atoms with Crippen LogP contribution >= 0.6 is 0 Å². The molecular formula is C30H42N4O2. The predicted octanol–water partition coefficient (Wildman–Crippen LogP) is 5.90. The van der Waals surface area contributed by atoms with Crippen molar-refractivity contribution in [2.75, 3.05) is 20.1 Å². The van der Waals surface area contributed by atoms with E-state index in [1.54, 1.807) is 0 Å². The summed E-state index contributed by atoms with van der Waals surface area (Å²) in [5.74, 6) is 0.987. The fraction of sp³-hybridized carbons (Fsp3) is 0.633. The van der Waals surface area contributed by atoms with E-state index >= 15 is 0 Å². The molecule has 2 saturated carbocycles. The molecule has 1 amide bonds. The first kappa shape index (κ1) is 25.2. The molecule has 0 radical (unpaired) electrons. The molecule has 2 aliphatic carbocycles. The second-order valence-corrected chi connectivity index (χ2v) is 11.1. The van der Waals surface area contributed by atoms with Crippen molar-refractivity contribution in [2.45, 2.75) is 102 Å². The van der Waals surface area contributed by atoms with E-state index in [4.69, 9.17) is 4.74 Å². The number of amides is 1. The molecule has 3 aliphatic rings. The first-order valence-electron chi connectivity index (χ1n) is 14.3. The normalized spacial score (nSPS) is 19.8. The molecule has 1 saturated heterocycles. The molecule has 36 heavy (non-hydrogen) atoms. The summed E-state index contributed by atoms with van der Waals surface area (Å²) >= 11 is 0. The van der Waals surface area contributed by atoms with Crippen LogP contribution in [0.2, 0.25) is 0 Å². The molecule has 6 nitrogen and oxygen atoms in total. The smallest absolute Gasteiger partial charge is 0.274 e. The number of unbranched alkanes of at least 4 members (excludes halogenated alkanes) is 1. The first-order valence-corrected chi connectivity index (χ1v) is 14.3. The van der Waals surface area contributed by atoms with E-state index in [1.165, 1.54) is 19.3 Å². The molecule has 0 unspecified atom stereocenters. The third kappa shape index (κ3) is 6.08. The van der Waals surface area contributed by atoms with Gasteiger partial charge in [-0.3, -0.25) is 4.79 Å². The zero-order valence-corrected chi connectivity index (χ0v) is 22.1. The Labute approximate surface area is 216 Å². The Bertz CT molecular complexity index is 1010. The minimum Gasteiger partial charge on any atom is -0.490 e. The van der Waals surface area contributed by atoms with Gasteiger partial charge in [0, 0.05) is 17.6 Å². The van der Waals surface area contributed by atoms with Crippen LogP contribution in [-0.4, -0.2) is 64.2 Å². The van der Waals surface area contributed by atoms with Crippen LogP contribution in [0, 0.1) is 0 Å². The van der Waals surface area contributed by atoms with E-state index in [0.29, 0.717) is 23.9 Å². The van der Waals surface area contributed by atoms with Gasteiger partial charge in [-0.25, -0.2) is 0 Å². The van der Waals surface area contributed by atoms with Crippen LogP contribution in [0.4, 0.5) is 0 Å². The summed E-state index contributed by atoms with van der Waals surface area (Å²) in [5, 5.41) is 9.09. The van der Waals surface area contributed by atoms with Gasteiger partial charge in [0.2, 0.25) is 0 Å². The van der Waals surface area contributed by atoms with Crippen molar-refractivity contribution in [1.82, 2.24) is 20.0 Å². The Morgan fingerprint density at radius 3 is 2.33 bits per heavy atom. The van der Waals surface area contributed by atoms with Gasteiger partial charge in [0.1, 0.15) is 5.75 Å². The summed E-state index contributed by atoms with van der Waals surface area (Å²) < 4.78 is 6.25. The zero-order valence-electron chi connectivity index (χ0n) is 22.1. The standard InChI is InChI=1S/C30H42N4O2/c1-3-4-10-28-27(22-11-15-26(16-12-22)36-25-8-6-5-7-9-25)21-29(32-31-28)30(35)34(23-13-14-23)24-17-19-33(2)20-18-24/h11-12,15-16,21,23-25H,3-10,13-14,17-20H2,1-2H3. The molecule has 6 heteroatoms. The van der Waals surface area contributed by atoms with Gasteiger partial charge in [-0.2, -0.15) is 5.10 Å². The number of carbonyl (C=O) groups excluding carboxylic acids is 1. The number of likely N-dealkylation sites (tertiary alicyclic amines) is 1. The molecule has 3 fully saturated rings. The van der Waals surface area contributed by atoms with Gasteiger partial charge in [-0.15, -0.1) is 5.10 Å². The summed E-state index contributed by atoms with van der Waals surface area (Å²) in [7, 11) is 2.16. The molecule has 0 spiro atoms. The van der Waals surface area contributed by atoms with Gasteiger partial charge in [-0.1, -0.05) is 31.9 Å². The van der Waals surface area contributed by atoms with Crippen LogP contribution in [0.15, 0.2) is 30.3 Å². The highest BCUT2D eigenvalue weighted by atomic mass is 16.5. The number of nitrogens with zero attached hydrogens (tertiary/aromatic N) is 4. The van der Waals surface area contributed by atoms with E-state index in [1.807, 2.05) is 6.07 Å². The molecule has 2 aromatic rings. The number of ether oxygens (including phenoxy) is 1. The van der Waals surface area contributed by atoms with Gasteiger partial charge in [0.15, 0.2) is 5.69 Å². The Balaban J connectivity index is 1.38. The van der Waals surface area contributed by atoms with Gasteiger partial charge >= 0.3 is 0 Å². The minimum absolute atomic E-state index is 0.0556. The number of aromatic nitrogens is 2. The highest BCUT2D eigenvalue weighted by molar-refractivity contribution is 5.94. The summed E-state index contributed by atoms with van der Waals surface area (Å²) in [6.45, 7) is 4.28. The Morgan fingerprint density at radius 2 is 1.67 bits per heavy atom. The second kappa shape index (κ2) is 11.7. The Morgan fingerprint density at radius 1 is 0.972 bits per heavy atom. The van der Waals surface area contributed by atoms with Gasteiger partial charge in [0.25, 0.3) is 5.91 Å². The highest BCUT2D eigenvalue weighted by Crippen LogP contribution is 2.34. The predicted molar refractivity (Wildman–Crippen MR) is 143 cm³/mol. The maximum atomic E-state index is 13.8. The lowest BCUT2D eigenvalue weighted by Crippen LogP contribution is -2.48. The lowest BCUT2D eigenvalue weighted by atomic mass is 9.97. The number of rotatable bonds is 9. The molecule has 1 aromatic heterocycles. The van der Waals surface area contributed by atoms with Crippen LogP contribution in [0.5, 0.6) is 5.75 Å². The third-order valence-electron chi connectivity index (χ3n) is 8.13. The molecule has 2 heterocycles. The molecular weight excluding hydrogens is 448 g/mol. The lowest BCUT2D eigenvalue weighted by molar-refractivity contribution is 0.0562. The summed E-state index contributed by atoms with van der Waals surface area (Å²) in [4.78, 5) is 18.3. The lowest BCUT2D eigenvalue weighted by Gasteiger charge is -2.37. The van der Waals surface area contributed by atoms with Crippen molar-refractivity contribution >= 4 is 5.91 Å². The van der Waals surface area contributed by atoms with Gasteiger partial charge < -0.3 is 14.5 Å². The van der Waals surface area contributed by atoms with E-state index < -0.39 is 0 Å². The molecule has 0 bridgehead atoms. The van der Waals surface area contributed by atoms with Gasteiger partial charge in [-0.05, 0) is 108 Å². The number of hydrogen-bond donors (Lipinski definition) is 0. The number of carbonyl (C=O) groups is 1. The molecule has 1 aliphatic heterocycles. The Kier molecular flexibility index (Phi) is 8.20. The van der Waals surface area contributed by atoms with Gasteiger partial charge in [0.05, 0.1) is 11.8 Å². The summed E-state index contributed by atoms with van der Waals surface area (Å²) in [6.07, 6.45) is 13.8.